The van der Waals surface area contributed by atoms with E-state index in [2.05, 4.69) is 5.32 Å². The highest BCUT2D eigenvalue weighted by atomic mass is 19.1. The van der Waals surface area contributed by atoms with Crippen LogP contribution in [0, 0.1) is 11.7 Å². The van der Waals surface area contributed by atoms with Crippen molar-refractivity contribution in [2.24, 2.45) is 5.92 Å². The smallest absolute Gasteiger partial charge is 0.306 e. The van der Waals surface area contributed by atoms with E-state index in [0.717, 1.165) is 5.56 Å². The summed E-state index contributed by atoms with van der Waals surface area (Å²) in [7, 11) is 0. The molecule has 1 saturated heterocycles. The number of amides is 1. The minimum absolute atomic E-state index is 0.0461. The number of nitrogens with zero attached hydrogens (tertiary/aromatic N) is 1. The lowest BCUT2D eigenvalue weighted by Gasteiger charge is -2.30. The van der Waals surface area contributed by atoms with Crippen LogP contribution in [0.3, 0.4) is 0 Å². The van der Waals surface area contributed by atoms with Crippen molar-refractivity contribution < 1.29 is 19.1 Å². The zero-order valence-electron chi connectivity index (χ0n) is 11.7. The van der Waals surface area contributed by atoms with Gasteiger partial charge in [0.15, 0.2) is 0 Å². The molecule has 21 heavy (non-hydrogen) atoms. The van der Waals surface area contributed by atoms with Gasteiger partial charge < -0.3 is 15.3 Å². The molecule has 1 amide bonds. The van der Waals surface area contributed by atoms with Gasteiger partial charge >= 0.3 is 5.97 Å². The number of nitrogens with one attached hydrogen (secondary N) is 1. The van der Waals surface area contributed by atoms with Crippen molar-refractivity contribution in [2.75, 3.05) is 19.6 Å². The van der Waals surface area contributed by atoms with Gasteiger partial charge in [-0.2, -0.15) is 0 Å². The van der Waals surface area contributed by atoms with E-state index in [-0.39, 0.29) is 24.2 Å². The van der Waals surface area contributed by atoms with Gasteiger partial charge in [-0.3, -0.25) is 9.59 Å². The van der Waals surface area contributed by atoms with Gasteiger partial charge in [-0.25, -0.2) is 4.39 Å². The van der Waals surface area contributed by atoms with Crippen LogP contribution in [0.2, 0.25) is 0 Å². The minimum Gasteiger partial charge on any atom is -0.481 e. The molecular weight excluding hydrogens is 275 g/mol. The van der Waals surface area contributed by atoms with Crippen molar-refractivity contribution in [3.63, 3.8) is 0 Å². The lowest BCUT2D eigenvalue weighted by atomic mass is 9.97. The number of hydrogen-bond acceptors (Lipinski definition) is 3. The average Bonchev–Trinajstić information content (AvgIpc) is 2.47. The second kappa shape index (κ2) is 7.17. The molecule has 0 saturated carbocycles. The van der Waals surface area contributed by atoms with Gasteiger partial charge in [-0.05, 0) is 30.5 Å². The summed E-state index contributed by atoms with van der Waals surface area (Å²) in [5, 5.41) is 11.9. The van der Waals surface area contributed by atoms with Crippen molar-refractivity contribution in [1.82, 2.24) is 10.2 Å². The fraction of sp³-hybridized carbons (Fsp3) is 0.467. The Hall–Kier alpha value is -1.95. The topological polar surface area (TPSA) is 69.6 Å². The Morgan fingerprint density at radius 2 is 2.05 bits per heavy atom. The molecule has 1 aromatic carbocycles. The van der Waals surface area contributed by atoms with Gasteiger partial charge in [0.1, 0.15) is 5.82 Å². The summed E-state index contributed by atoms with van der Waals surface area (Å²) < 4.78 is 13.0. The molecule has 0 radical (unpaired) electrons. The summed E-state index contributed by atoms with van der Waals surface area (Å²) in [5.41, 5.74) is 0.785. The van der Waals surface area contributed by atoms with Crippen LogP contribution in [-0.4, -0.2) is 41.5 Å². The van der Waals surface area contributed by atoms with Crippen LogP contribution < -0.4 is 5.32 Å². The van der Waals surface area contributed by atoms with E-state index in [1.807, 2.05) is 0 Å². The number of benzene rings is 1. The van der Waals surface area contributed by atoms with Crippen molar-refractivity contribution in [1.29, 1.82) is 0 Å². The summed E-state index contributed by atoms with van der Waals surface area (Å²) in [5.74, 6) is -1.47. The molecule has 0 bridgehead atoms. The predicted molar refractivity (Wildman–Crippen MR) is 75.0 cm³/mol. The highest BCUT2D eigenvalue weighted by Crippen LogP contribution is 2.17. The number of carbonyl (C=O) groups is 2. The van der Waals surface area contributed by atoms with Gasteiger partial charge in [0.25, 0.3) is 0 Å². The van der Waals surface area contributed by atoms with Crippen LogP contribution >= 0.6 is 0 Å². The first kappa shape index (κ1) is 15.4. The molecule has 1 aliphatic rings. The quantitative estimate of drug-likeness (QED) is 0.857. The molecule has 1 fully saturated rings. The summed E-state index contributed by atoms with van der Waals surface area (Å²) in [4.78, 5) is 24.5. The van der Waals surface area contributed by atoms with Gasteiger partial charge in [0.2, 0.25) is 5.91 Å². The monoisotopic (exact) mass is 294 g/mol. The Kier molecular flexibility index (Phi) is 5.27. The number of hydrogen-bond donors (Lipinski definition) is 2. The number of carboxylic acids is 1. The van der Waals surface area contributed by atoms with Crippen molar-refractivity contribution in [3.8, 4) is 0 Å². The largest absolute Gasteiger partial charge is 0.481 e. The zero-order chi connectivity index (χ0) is 15.2. The van der Waals surface area contributed by atoms with Crippen molar-refractivity contribution in [3.05, 3.63) is 35.6 Å². The maximum Gasteiger partial charge on any atom is 0.306 e. The van der Waals surface area contributed by atoms with Crippen LogP contribution in [-0.2, 0) is 16.1 Å². The normalized spacial score (nSPS) is 16.0. The Morgan fingerprint density at radius 3 is 2.67 bits per heavy atom. The molecule has 0 aromatic heterocycles. The number of likely N-dealkylation sites (tertiary alicyclic amines) is 1. The fourth-order valence-electron chi connectivity index (χ4n) is 2.45. The SMILES string of the molecule is O=C(O)C1CCN(C(=O)CNCc2cccc(F)c2)CC1. The highest BCUT2D eigenvalue weighted by Gasteiger charge is 2.26. The summed E-state index contributed by atoms with van der Waals surface area (Å²) in [6.45, 7) is 1.57. The second-order valence-electron chi connectivity index (χ2n) is 5.23. The predicted octanol–water partition coefficient (Wildman–Crippen LogP) is 1.24. The van der Waals surface area contributed by atoms with E-state index >= 15 is 0 Å². The first-order chi connectivity index (χ1) is 10.1. The van der Waals surface area contributed by atoms with Crippen molar-refractivity contribution >= 4 is 11.9 Å². The molecule has 0 spiro atoms. The first-order valence-electron chi connectivity index (χ1n) is 7.02. The van der Waals surface area contributed by atoms with E-state index in [1.54, 1.807) is 17.0 Å². The molecule has 0 unspecified atom stereocenters. The number of piperidine rings is 1. The Balaban J connectivity index is 1.72. The van der Waals surface area contributed by atoms with E-state index < -0.39 is 5.97 Å². The number of rotatable bonds is 5. The average molecular weight is 294 g/mol. The van der Waals surface area contributed by atoms with Crippen molar-refractivity contribution in [2.45, 2.75) is 19.4 Å². The van der Waals surface area contributed by atoms with Gasteiger partial charge in [0, 0.05) is 19.6 Å². The third-order valence-electron chi connectivity index (χ3n) is 3.69. The highest BCUT2D eigenvalue weighted by molar-refractivity contribution is 5.78. The van der Waals surface area contributed by atoms with Gasteiger partial charge in [0.05, 0.1) is 12.5 Å². The van der Waals surface area contributed by atoms with Crippen LogP contribution in [0.1, 0.15) is 18.4 Å². The zero-order valence-corrected chi connectivity index (χ0v) is 11.7. The van der Waals surface area contributed by atoms with Gasteiger partial charge in [-0.15, -0.1) is 0 Å². The molecule has 2 N–H and O–H groups in total. The fourth-order valence-corrected chi connectivity index (χ4v) is 2.45. The maximum atomic E-state index is 13.0. The Morgan fingerprint density at radius 1 is 1.33 bits per heavy atom. The third kappa shape index (κ3) is 4.53. The van der Waals surface area contributed by atoms with Crippen LogP contribution in [0.25, 0.3) is 0 Å². The summed E-state index contributed by atoms with van der Waals surface area (Å²) >= 11 is 0. The lowest BCUT2D eigenvalue weighted by molar-refractivity contribution is -0.145. The Bertz CT molecular complexity index is 513. The Labute approximate surface area is 122 Å². The summed E-state index contributed by atoms with van der Waals surface area (Å²) in [6.07, 6.45) is 1.01. The van der Waals surface area contributed by atoms with Crippen LogP contribution in [0.4, 0.5) is 4.39 Å². The molecular formula is C15H19FN2O3. The molecule has 1 aliphatic heterocycles. The molecule has 0 atom stereocenters. The van der Waals surface area contributed by atoms with E-state index in [1.165, 1.54) is 12.1 Å². The van der Waals surface area contributed by atoms with Gasteiger partial charge in [-0.1, -0.05) is 12.1 Å². The van der Waals surface area contributed by atoms with E-state index in [0.29, 0.717) is 32.5 Å². The molecule has 2 rings (SSSR count). The molecule has 114 valence electrons. The number of carboxylic acid groups (broad SMARTS) is 1. The first-order valence-corrected chi connectivity index (χ1v) is 7.02. The standard InChI is InChI=1S/C15H19FN2O3/c16-13-3-1-2-11(8-13)9-17-10-14(19)18-6-4-12(5-7-18)15(20)21/h1-3,8,12,17H,4-7,9-10H2,(H,20,21). The molecule has 0 aliphatic carbocycles. The van der Waals surface area contributed by atoms with E-state index in [9.17, 15) is 14.0 Å². The molecule has 1 aromatic rings. The summed E-state index contributed by atoms with van der Waals surface area (Å²) in [6, 6.07) is 6.22. The van der Waals surface area contributed by atoms with Crippen LogP contribution in [0.15, 0.2) is 24.3 Å². The lowest BCUT2D eigenvalue weighted by Crippen LogP contribution is -2.43. The third-order valence-corrected chi connectivity index (χ3v) is 3.69. The maximum absolute atomic E-state index is 13.0. The molecule has 5 nitrogen and oxygen atoms in total. The number of carbonyl (C=O) groups excluding carboxylic acids is 1. The van der Waals surface area contributed by atoms with Crippen LogP contribution in [0.5, 0.6) is 0 Å². The number of halogens is 1. The minimum atomic E-state index is -0.786. The molecule has 6 heteroatoms. The number of aliphatic carboxylic acids is 1. The molecule has 1 heterocycles. The second-order valence-corrected chi connectivity index (χ2v) is 5.23. The van der Waals surface area contributed by atoms with E-state index in [4.69, 9.17) is 5.11 Å².